The predicted octanol–water partition coefficient (Wildman–Crippen LogP) is 6.36. The van der Waals surface area contributed by atoms with Crippen molar-refractivity contribution in [2.75, 3.05) is 10.6 Å². The van der Waals surface area contributed by atoms with Crippen LogP contribution in [0.25, 0.3) is 16.9 Å². The van der Waals surface area contributed by atoms with Crippen LogP contribution in [0.3, 0.4) is 0 Å². The molecule has 0 saturated carbocycles. The highest BCUT2D eigenvalue weighted by Gasteiger charge is 2.31. The first-order valence-corrected chi connectivity index (χ1v) is 10.5. The molecule has 0 unspecified atom stereocenters. The molecule has 1 amide bonds. The number of nitrogens with one attached hydrogen (secondary N) is 2. The molecule has 5 rings (SSSR count). The Morgan fingerprint density at radius 1 is 1.08 bits per heavy atom. The van der Waals surface area contributed by atoms with E-state index in [1.54, 1.807) is 5.32 Å². The maximum Gasteiger partial charge on any atom is 0.416 e. The van der Waals surface area contributed by atoms with Gasteiger partial charge in [0.1, 0.15) is 1.37 Å². The van der Waals surface area contributed by atoms with Gasteiger partial charge in [-0.15, -0.1) is 0 Å². The van der Waals surface area contributed by atoms with E-state index in [9.17, 15) is 18.0 Å². The summed E-state index contributed by atoms with van der Waals surface area (Å²) in [7, 11) is 0. The highest BCUT2D eigenvalue weighted by atomic mass is 19.4. The van der Waals surface area contributed by atoms with E-state index in [0.29, 0.717) is 4.57 Å². The Balaban J connectivity index is 1.74. The minimum absolute atomic E-state index is 0.187. The SMILES string of the molecule is [2H]c1nc(Nc2c([2H])c(C(=O)Nc3c([2H])c(-n4c([2H])nc(C)c4[2H])c([2H])c(C(F)(F)F)c3[2H])c([2H])c([2H])c2C([2H])([2H])[2H])nc(-c2c([2H])nc([2H])c([2H])c2[2H])c1[2H]. The number of amides is 1. The normalized spacial score (nSPS) is 17.8. The highest BCUT2D eigenvalue weighted by molar-refractivity contribution is 6.05. The van der Waals surface area contributed by atoms with Gasteiger partial charge in [-0.3, -0.25) is 9.78 Å². The number of imidazole rings is 1. The lowest BCUT2D eigenvalue weighted by molar-refractivity contribution is -0.137. The fourth-order valence-electron chi connectivity index (χ4n) is 2.93. The molecule has 5 aromatic rings. The molecule has 0 aliphatic rings. The van der Waals surface area contributed by atoms with Crippen molar-refractivity contribution in [3.63, 3.8) is 0 Å². The quantitative estimate of drug-likeness (QED) is 0.257. The first kappa shape index (κ1) is 12.2. The summed E-state index contributed by atoms with van der Waals surface area (Å²) >= 11 is 0. The van der Waals surface area contributed by atoms with Crippen LogP contribution in [-0.4, -0.2) is 30.4 Å². The van der Waals surface area contributed by atoms with Crippen molar-refractivity contribution < 1.29 is 41.3 Å². The summed E-state index contributed by atoms with van der Waals surface area (Å²) in [6.07, 6.45) is -9.59. The lowest BCUT2D eigenvalue weighted by Gasteiger charge is -2.14. The van der Waals surface area contributed by atoms with Gasteiger partial charge in [0.25, 0.3) is 5.91 Å². The minimum Gasteiger partial charge on any atom is -0.324 e. The van der Waals surface area contributed by atoms with E-state index in [1.807, 2.05) is 0 Å². The Morgan fingerprint density at radius 3 is 2.72 bits per heavy atom. The second kappa shape index (κ2) is 10.4. The van der Waals surface area contributed by atoms with E-state index < -0.39 is 155 Å². The number of rotatable bonds is 6. The first-order valence-electron chi connectivity index (χ1n) is 19.0. The number of nitrogens with zero attached hydrogens (tertiary/aromatic N) is 5. The first-order chi connectivity index (χ1) is 25.7. The number of carbonyl (C=O) groups is 1. The molecular weight excluding hydrogens is 507 g/mol. The molecular formula is C28H22F3N7O. The van der Waals surface area contributed by atoms with Crippen LogP contribution < -0.4 is 10.6 Å². The Morgan fingerprint density at radius 2 is 1.95 bits per heavy atom. The zero-order valence-corrected chi connectivity index (χ0v) is 19.3. The van der Waals surface area contributed by atoms with Gasteiger partial charge in [0, 0.05) is 57.0 Å². The monoisotopic (exact) mass is 546 g/mol. The van der Waals surface area contributed by atoms with Gasteiger partial charge < -0.3 is 15.2 Å². The van der Waals surface area contributed by atoms with E-state index in [2.05, 4.69) is 25.3 Å². The van der Waals surface area contributed by atoms with Gasteiger partial charge >= 0.3 is 6.18 Å². The number of anilines is 3. The third kappa shape index (κ3) is 5.93. The van der Waals surface area contributed by atoms with Crippen LogP contribution in [0, 0.1) is 13.8 Å². The number of benzene rings is 2. The molecule has 196 valence electrons. The average Bonchev–Trinajstić information content (AvgIpc) is 3.31. The fourth-order valence-corrected chi connectivity index (χ4v) is 2.93. The van der Waals surface area contributed by atoms with Crippen molar-refractivity contribution >= 4 is 23.2 Å². The molecule has 0 radical (unpaired) electrons. The minimum atomic E-state index is -5.49. The number of hydrogen-bond acceptors (Lipinski definition) is 6. The molecule has 2 N–H and O–H groups in total. The van der Waals surface area contributed by atoms with Gasteiger partial charge in [-0.25, -0.2) is 15.0 Å². The molecule has 2 aromatic carbocycles. The third-order valence-electron chi connectivity index (χ3n) is 4.61. The summed E-state index contributed by atoms with van der Waals surface area (Å²) in [5, 5.41) is 4.04. The average molecular weight is 547 g/mol. The van der Waals surface area contributed by atoms with Gasteiger partial charge in [0.05, 0.1) is 41.1 Å². The summed E-state index contributed by atoms with van der Waals surface area (Å²) in [6, 6.07) is -10.5. The predicted molar refractivity (Wildman–Crippen MR) is 141 cm³/mol. The molecule has 11 heteroatoms. The maximum atomic E-state index is 14.3. The lowest BCUT2D eigenvalue weighted by Crippen LogP contribution is -2.14. The largest absolute Gasteiger partial charge is 0.416 e. The van der Waals surface area contributed by atoms with E-state index in [-0.39, 0.29) is 5.69 Å². The fraction of sp³-hybridized carbons (Fsp3) is 0.107. The highest BCUT2D eigenvalue weighted by Crippen LogP contribution is 2.33. The Labute approximate surface area is 245 Å². The number of aromatic nitrogens is 5. The molecule has 0 saturated heterocycles. The van der Waals surface area contributed by atoms with Gasteiger partial charge in [-0.05, 0) is 67.7 Å². The molecule has 0 spiro atoms. The number of pyridine rings is 1. The molecule has 0 atom stereocenters. The zero-order chi connectivity index (χ0) is 42.3. The molecule has 3 aromatic heterocycles. The number of hydrogen-bond donors (Lipinski definition) is 2. The smallest absolute Gasteiger partial charge is 0.324 e. The summed E-state index contributed by atoms with van der Waals surface area (Å²) in [4.78, 5) is 28.6. The van der Waals surface area contributed by atoms with Crippen molar-refractivity contribution in [3.05, 3.63) is 108 Å². The second-order valence-electron chi connectivity index (χ2n) is 7.39. The van der Waals surface area contributed by atoms with E-state index in [0.717, 1.165) is 0 Å². The Kier molecular flexibility index (Phi) is 3.24. The van der Waals surface area contributed by atoms with Crippen LogP contribution >= 0.6 is 0 Å². The van der Waals surface area contributed by atoms with Crippen LogP contribution in [-0.2, 0) is 6.18 Å². The lowest BCUT2D eigenvalue weighted by atomic mass is 10.1. The van der Waals surface area contributed by atoms with Gasteiger partial charge in [0.2, 0.25) is 5.95 Å². The summed E-state index contributed by atoms with van der Waals surface area (Å²) in [5.74, 6) is -2.58. The molecule has 0 bridgehead atoms. The van der Waals surface area contributed by atoms with Crippen LogP contribution in [0.15, 0.2) is 85.4 Å². The molecule has 8 nitrogen and oxygen atoms in total. The molecule has 0 fully saturated rings. The van der Waals surface area contributed by atoms with Gasteiger partial charge in [-0.2, -0.15) is 13.2 Å². The Bertz CT molecular complexity index is 2510. The molecule has 3 heterocycles. The molecule has 0 aliphatic heterocycles. The van der Waals surface area contributed by atoms with Crippen molar-refractivity contribution in [2.45, 2.75) is 20.0 Å². The molecule has 0 aliphatic carbocycles. The summed E-state index contributed by atoms with van der Waals surface area (Å²) in [6.45, 7) is -2.14. The van der Waals surface area contributed by atoms with E-state index >= 15 is 0 Å². The third-order valence-corrected chi connectivity index (χ3v) is 4.61. The second-order valence-corrected chi connectivity index (χ2v) is 7.39. The number of carbonyl (C=O) groups excluding carboxylic acids is 1. The van der Waals surface area contributed by atoms with Crippen LogP contribution in [0.2, 0.25) is 0 Å². The van der Waals surface area contributed by atoms with Crippen molar-refractivity contribution in [1.29, 1.82) is 0 Å². The van der Waals surface area contributed by atoms with Crippen molar-refractivity contribution in [1.82, 2.24) is 24.5 Å². The van der Waals surface area contributed by atoms with E-state index in [4.69, 9.17) is 23.3 Å². The van der Waals surface area contributed by atoms with Gasteiger partial charge in [0.15, 0.2) is 0 Å². The van der Waals surface area contributed by atoms with Crippen LogP contribution in [0.4, 0.5) is 30.5 Å². The van der Waals surface area contributed by atoms with Crippen molar-refractivity contribution in [2.24, 2.45) is 0 Å². The number of halogens is 3. The number of alkyl halides is 3. The van der Waals surface area contributed by atoms with E-state index in [1.165, 1.54) is 6.92 Å². The molecule has 39 heavy (non-hydrogen) atoms. The van der Waals surface area contributed by atoms with Crippen LogP contribution in [0.5, 0.6) is 0 Å². The summed E-state index contributed by atoms with van der Waals surface area (Å²) < 4.78 is 183. The van der Waals surface area contributed by atoms with Crippen molar-refractivity contribution in [3.8, 4) is 16.9 Å². The van der Waals surface area contributed by atoms with Gasteiger partial charge in [-0.1, -0.05) is 6.04 Å². The maximum absolute atomic E-state index is 14.3. The Hall–Kier alpha value is -5.06. The van der Waals surface area contributed by atoms with Crippen LogP contribution in [0.1, 0.15) is 50.5 Å². The number of aryl methyl sites for hydroxylation is 1. The standard InChI is InChI=1S/C28H22F3N7O/c1-17-5-6-19(10-25(17)37-27-33-9-7-24(36-27)20-4-3-8-32-14-20)26(39)35-22-11-21(28(29,30)31)12-23(13-22)38-15-18(2)34-16-38/h3-16H,1-2H3,(H,35,39)(H,33,36,37)/i1D3,3D,4D,5D,6D,7D,8D,9D,10D,11D,12D,13D,14D,15D,16D. The topological polar surface area (TPSA) is 97.6 Å². The summed E-state index contributed by atoms with van der Waals surface area (Å²) in [5.41, 5.74) is -9.20. The zero-order valence-electron chi connectivity index (χ0n) is 36.3.